The lowest BCUT2D eigenvalue weighted by atomic mass is 9.91. The number of hydrogen-bond acceptors (Lipinski definition) is 6. The number of piperidine rings is 1. The van der Waals surface area contributed by atoms with Crippen LogP contribution in [0, 0.1) is 12.8 Å². The van der Waals surface area contributed by atoms with Crippen molar-refractivity contribution in [2.24, 2.45) is 5.92 Å². The summed E-state index contributed by atoms with van der Waals surface area (Å²) in [5, 5.41) is 9.94. The van der Waals surface area contributed by atoms with Crippen LogP contribution in [0.1, 0.15) is 44.1 Å². The number of rotatable bonds is 4. The van der Waals surface area contributed by atoms with E-state index in [4.69, 9.17) is 0 Å². The molecule has 0 amide bonds. The van der Waals surface area contributed by atoms with Crippen molar-refractivity contribution in [3.05, 3.63) is 17.6 Å². The maximum atomic E-state index is 11.4. The number of aromatic nitrogens is 2. The minimum Gasteiger partial charge on any atom is -0.467 e. The van der Waals surface area contributed by atoms with Crippen molar-refractivity contribution in [2.45, 2.75) is 45.6 Å². The molecule has 2 rings (SSSR count). The Hall–Kier alpha value is -1.69. The molecule has 6 nitrogen and oxygen atoms in total. The highest BCUT2D eigenvalue weighted by molar-refractivity contribution is 5.74. The normalized spacial score (nSPS) is 17.6. The molecule has 6 heteroatoms. The first-order chi connectivity index (χ1) is 10.4. The minimum atomic E-state index is -1.02. The lowest BCUT2D eigenvalue weighted by molar-refractivity contribution is -0.153. The molecule has 1 aromatic heterocycles. The van der Waals surface area contributed by atoms with Crippen LogP contribution in [0.15, 0.2) is 6.07 Å². The number of esters is 1. The van der Waals surface area contributed by atoms with Gasteiger partial charge in [0.1, 0.15) is 11.6 Å². The Morgan fingerprint density at radius 3 is 2.55 bits per heavy atom. The van der Waals surface area contributed by atoms with Crippen LogP contribution >= 0.6 is 0 Å². The highest BCUT2D eigenvalue weighted by Crippen LogP contribution is 2.26. The number of hydrogen-bond donors (Lipinski definition) is 1. The van der Waals surface area contributed by atoms with Crippen LogP contribution in [0.5, 0.6) is 0 Å². The number of nitrogens with zero attached hydrogens (tertiary/aromatic N) is 3. The average Bonchev–Trinajstić information content (AvgIpc) is 2.53. The molecular formula is C16H25N3O3. The van der Waals surface area contributed by atoms with Crippen molar-refractivity contribution in [1.29, 1.82) is 0 Å². The first kappa shape index (κ1) is 16.7. The van der Waals surface area contributed by atoms with E-state index < -0.39 is 12.1 Å². The average molecular weight is 307 g/mol. The molecule has 0 spiro atoms. The summed E-state index contributed by atoms with van der Waals surface area (Å²) in [6, 6.07) is 1.99. The van der Waals surface area contributed by atoms with E-state index in [-0.39, 0.29) is 11.8 Å². The smallest absolute Gasteiger partial charge is 0.334 e. The fourth-order valence-electron chi connectivity index (χ4n) is 2.75. The highest BCUT2D eigenvalue weighted by atomic mass is 16.5. The maximum absolute atomic E-state index is 11.4. The van der Waals surface area contributed by atoms with Crippen molar-refractivity contribution in [1.82, 2.24) is 9.97 Å². The Labute approximate surface area is 131 Å². The third-order valence-electron chi connectivity index (χ3n) is 4.13. The molecule has 1 saturated heterocycles. The third-order valence-corrected chi connectivity index (χ3v) is 4.13. The van der Waals surface area contributed by atoms with Gasteiger partial charge in [-0.15, -0.1) is 0 Å². The molecule has 122 valence electrons. The number of aryl methyl sites for hydroxylation is 1. The van der Waals surface area contributed by atoms with Gasteiger partial charge in [0, 0.05) is 30.8 Å². The van der Waals surface area contributed by atoms with E-state index in [1.54, 1.807) is 0 Å². The first-order valence-corrected chi connectivity index (χ1v) is 7.78. The molecule has 0 bridgehead atoms. The van der Waals surface area contributed by atoms with Crippen LogP contribution in [-0.2, 0) is 9.53 Å². The van der Waals surface area contributed by atoms with E-state index >= 15 is 0 Å². The number of ether oxygens (including phenoxy) is 1. The van der Waals surface area contributed by atoms with E-state index in [2.05, 4.69) is 33.5 Å². The Morgan fingerprint density at radius 2 is 2.00 bits per heavy atom. The van der Waals surface area contributed by atoms with Crippen molar-refractivity contribution >= 4 is 11.8 Å². The number of aliphatic hydroxyl groups is 1. The molecule has 22 heavy (non-hydrogen) atoms. The Morgan fingerprint density at radius 1 is 1.36 bits per heavy atom. The van der Waals surface area contributed by atoms with Gasteiger partial charge < -0.3 is 14.7 Å². The lowest BCUT2D eigenvalue weighted by Crippen LogP contribution is -2.41. The number of methoxy groups -OCH3 is 1. The molecule has 1 N–H and O–H groups in total. The van der Waals surface area contributed by atoms with Gasteiger partial charge in [-0.2, -0.15) is 0 Å². The monoisotopic (exact) mass is 307 g/mol. The van der Waals surface area contributed by atoms with E-state index in [0.717, 1.165) is 43.3 Å². The predicted molar refractivity (Wildman–Crippen MR) is 83.8 cm³/mol. The van der Waals surface area contributed by atoms with Crippen LogP contribution < -0.4 is 4.90 Å². The summed E-state index contributed by atoms with van der Waals surface area (Å²) in [4.78, 5) is 22.7. The quantitative estimate of drug-likeness (QED) is 0.853. The van der Waals surface area contributed by atoms with E-state index in [1.165, 1.54) is 7.11 Å². The molecule has 0 radical (unpaired) electrons. The Bertz CT molecular complexity index is 525. The number of carbonyl (C=O) groups is 1. The zero-order valence-electron chi connectivity index (χ0n) is 13.7. The SMILES string of the molecule is COC(=O)C(O)C1CCN(c2cc(C)nc(C(C)C)n2)CC1. The van der Waals surface area contributed by atoms with Crippen molar-refractivity contribution in [2.75, 3.05) is 25.1 Å². The summed E-state index contributed by atoms with van der Waals surface area (Å²) in [7, 11) is 1.30. The summed E-state index contributed by atoms with van der Waals surface area (Å²) in [6.07, 6.45) is 0.470. The maximum Gasteiger partial charge on any atom is 0.334 e. The van der Waals surface area contributed by atoms with Gasteiger partial charge in [0.15, 0.2) is 6.10 Å². The molecule has 0 saturated carbocycles. The zero-order chi connectivity index (χ0) is 16.3. The molecule has 0 aromatic carbocycles. The number of anilines is 1. The standard InChI is InChI=1S/C16H25N3O3/c1-10(2)15-17-11(3)9-13(18-15)19-7-5-12(6-8-19)14(20)16(21)22-4/h9-10,12,14,20H,5-8H2,1-4H3. The fraction of sp³-hybridized carbons (Fsp3) is 0.688. The Kier molecular flexibility index (Phi) is 5.34. The second-order valence-corrected chi connectivity index (χ2v) is 6.17. The minimum absolute atomic E-state index is 0.0452. The van der Waals surface area contributed by atoms with Crippen LogP contribution in [0.25, 0.3) is 0 Å². The van der Waals surface area contributed by atoms with E-state index in [9.17, 15) is 9.90 Å². The van der Waals surface area contributed by atoms with E-state index in [0.29, 0.717) is 0 Å². The summed E-state index contributed by atoms with van der Waals surface area (Å²) in [6.45, 7) is 7.68. The first-order valence-electron chi connectivity index (χ1n) is 7.78. The third kappa shape index (κ3) is 3.74. The van der Waals surface area contributed by atoms with Crippen LogP contribution in [0.3, 0.4) is 0 Å². The summed E-state index contributed by atoms with van der Waals surface area (Å²) < 4.78 is 4.61. The van der Waals surface area contributed by atoms with Crippen LogP contribution in [0.2, 0.25) is 0 Å². The van der Waals surface area contributed by atoms with Gasteiger partial charge in [-0.3, -0.25) is 0 Å². The predicted octanol–water partition coefficient (Wildman–Crippen LogP) is 1.66. The second-order valence-electron chi connectivity index (χ2n) is 6.17. The molecule has 1 fully saturated rings. The topological polar surface area (TPSA) is 75.6 Å². The van der Waals surface area contributed by atoms with Gasteiger partial charge in [-0.1, -0.05) is 13.8 Å². The molecular weight excluding hydrogens is 282 g/mol. The summed E-state index contributed by atoms with van der Waals surface area (Å²) in [5.74, 6) is 1.49. The van der Waals surface area contributed by atoms with Gasteiger partial charge in [0.05, 0.1) is 7.11 Å². The molecule has 1 aromatic rings. The Balaban J connectivity index is 2.04. The summed E-state index contributed by atoms with van der Waals surface area (Å²) in [5.41, 5.74) is 0.963. The number of carbonyl (C=O) groups excluding carboxylic acids is 1. The molecule has 2 heterocycles. The van der Waals surface area contributed by atoms with Crippen molar-refractivity contribution in [3.63, 3.8) is 0 Å². The van der Waals surface area contributed by atoms with Crippen LogP contribution in [-0.4, -0.2) is 47.3 Å². The van der Waals surface area contributed by atoms with Gasteiger partial charge in [0.2, 0.25) is 0 Å². The van der Waals surface area contributed by atoms with Gasteiger partial charge >= 0.3 is 5.97 Å². The molecule has 1 aliphatic rings. The number of aliphatic hydroxyl groups excluding tert-OH is 1. The van der Waals surface area contributed by atoms with Gasteiger partial charge in [-0.25, -0.2) is 14.8 Å². The molecule has 0 aliphatic carbocycles. The summed E-state index contributed by atoms with van der Waals surface area (Å²) >= 11 is 0. The second kappa shape index (κ2) is 7.05. The molecule has 1 atom stereocenters. The fourth-order valence-corrected chi connectivity index (χ4v) is 2.75. The van der Waals surface area contributed by atoms with Gasteiger partial charge in [-0.05, 0) is 25.7 Å². The van der Waals surface area contributed by atoms with Crippen molar-refractivity contribution in [3.8, 4) is 0 Å². The van der Waals surface area contributed by atoms with Gasteiger partial charge in [0.25, 0.3) is 0 Å². The molecule has 1 aliphatic heterocycles. The van der Waals surface area contributed by atoms with Crippen molar-refractivity contribution < 1.29 is 14.6 Å². The largest absolute Gasteiger partial charge is 0.467 e. The van der Waals surface area contributed by atoms with Crippen LogP contribution in [0.4, 0.5) is 5.82 Å². The molecule has 1 unspecified atom stereocenters. The zero-order valence-corrected chi connectivity index (χ0v) is 13.7. The lowest BCUT2D eigenvalue weighted by Gasteiger charge is -2.34. The van der Waals surface area contributed by atoms with E-state index in [1.807, 2.05) is 13.0 Å². The highest BCUT2D eigenvalue weighted by Gasteiger charge is 2.31.